The molecule has 0 radical (unpaired) electrons. The molecular formula is C17H19ClN2O2S. The highest BCUT2D eigenvalue weighted by atomic mass is 35.5. The molecule has 122 valence electrons. The Labute approximate surface area is 146 Å². The molecule has 0 atom stereocenters. The average molecular weight is 351 g/mol. The molecule has 0 spiro atoms. The van der Waals surface area contributed by atoms with Crippen molar-refractivity contribution in [2.24, 2.45) is 0 Å². The maximum atomic E-state index is 6.18. The summed E-state index contributed by atoms with van der Waals surface area (Å²) >= 11 is 11.5. The molecule has 2 rings (SSSR count). The summed E-state index contributed by atoms with van der Waals surface area (Å²) in [5, 5.41) is 7.36. The van der Waals surface area contributed by atoms with Gasteiger partial charge in [-0.2, -0.15) is 0 Å². The summed E-state index contributed by atoms with van der Waals surface area (Å²) < 4.78 is 10.7. The van der Waals surface area contributed by atoms with E-state index in [9.17, 15) is 0 Å². The molecule has 0 saturated heterocycles. The number of ether oxygens (including phenoxy) is 2. The molecule has 0 aliphatic heterocycles. The minimum absolute atomic E-state index is 0.513. The van der Waals surface area contributed by atoms with Crippen molar-refractivity contribution in [2.45, 2.75) is 13.5 Å². The highest BCUT2D eigenvalue weighted by molar-refractivity contribution is 7.80. The van der Waals surface area contributed by atoms with E-state index in [1.807, 2.05) is 49.4 Å². The number of thiocarbonyl (C=S) groups is 1. The van der Waals surface area contributed by atoms with Crippen LogP contribution in [-0.4, -0.2) is 18.8 Å². The summed E-state index contributed by atoms with van der Waals surface area (Å²) in [6.07, 6.45) is 0. The number of anilines is 1. The first-order valence-corrected chi connectivity index (χ1v) is 8.01. The Morgan fingerprint density at radius 1 is 1.17 bits per heavy atom. The van der Waals surface area contributed by atoms with E-state index in [0.29, 0.717) is 29.0 Å². The molecule has 0 heterocycles. The maximum absolute atomic E-state index is 6.18. The summed E-state index contributed by atoms with van der Waals surface area (Å²) in [5.74, 6) is 1.42. The highest BCUT2D eigenvalue weighted by Crippen LogP contribution is 2.25. The monoisotopic (exact) mass is 350 g/mol. The van der Waals surface area contributed by atoms with Crippen molar-refractivity contribution in [1.82, 2.24) is 5.32 Å². The van der Waals surface area contributed by atoms with E-state index in [1.54, 1.807) is 7.11 Å². The van der Waals surface area contributed by atoms with Crippen LogP contribution in [0, 0.1) is 0 Å². The maximum Gasteiger partial charge on any atom is 0.171 e. The van der Waals surface area contributed by atoms with Crippen LogP contribution in [0.3, 0.4) is 0 Å². The predicted molar refractivity (Wildman–Crippen MR) is 98.7 cm³/mol. The van der Waals surface area contributed by atoms with Crippen LogP contribution in [0.4, 0.5) is 5.69 Å². The molecule has 0 bridgehead atoms. The minimum atomic E-state index is 0.513. The second-order valence-corrected chi connectivity index (χ2v) is 5.52. The van der Waals surface area contributed by atoms with Gasteiger partial charge in [0.15, 0.2) is 5.11 Å². The summed E-state index contributed by atoms with van der Waals surface area (Å²) in [4.78, 5) is 0. The Hall–Kier alpha value is -1.98. The molecule has 4 nitrogen and oxygen atoms in total. The molecule has 0 aromatic heterocycles. The van der Waals surface area contributed by atoms with Gasteiger partial charge in [0.1, 0.15) is 11.5 Å². The molecule has 23 heavy (non-hydrogen) atoms. The van der Waals surface area contributed by atoms with Crippen LogP contribution in [0.25, 0.3) is 0 Å². The van der Waals surface area contributed by atoms with Crippen molar-refractivity contribution in [1.29, 1.82) is 0 Å². The highest BCUT2D eigenvalue weighted by Gasteiger charge is 2.05. The summed E-state index contributed by atoms with van der Waals surface area (Å²) in [6, 6.07) is 13.3. The van der Waals surface area contributed by atoms with E-state index in [1.165, 1.54) is 0 Å². The Balaban J connectivity index is 1.93. The van der Waals surface area contributed by atoms with Crippen molar-refractivity contribution in [3.8, 4) is 11.5 Å². The summed E-state index contributed by atoms with van der Waals surface area (Å²) in [7, 11) is 1.62. The molecule has 0 saturated carbocycles. The molecule has 6 heteroatoms. The first-order valence-electron chi connectivity index (χ1n) is 7.23. The second kappa shape index (κ2) is 8.60. The Morgan fingerprint density at radius 3 is 2.65 bits per heavy atom. The number of hydrogen-bond acceptors (Lipinski definition) is 3. The minimum Gasteiger partial charge on any atom is -0.495 e. The van der Waals surface area contributed by atoms with Crippen LogP contribution < -0.4 is 20.1 Å². The number of para-hydroxylation sites is 2. The smallest absolute Gasteiger partial charge is 0.171 e. The van der Waals surface area contributed by atoms with Gasteiger partial charge < -0.3 is 20.1 Å². The molecule has 0 aliphatic rings. The van der Waals surface area contributed by atoms with E-state index in [0.717, 1.165) is 17.0 Å². The first kappa shape index (κ1) is 17.4. The van der Waals surface area contributed by atoms with Crippen molar-refractivity contribution in [2.75, 3.05) is 19.0 Å². The van der Waals surface area contributed by atoms with Gasteiger partial charge >= 0.3 is 0 Å². The normalized spacial score (nSPS) is 10.0. The van der Waals surface area contributed by atoms with Crippen LogP contribution in [0.2, 0.25) is 5.02 Å². The number of halogens is 1. The molecule has 0 unspecified atom stereocenters. The molecule has 2 aromatic rings. The molecule has 2 N–H and O–H groups in total. The summed E-state index contributed by atoms with van der Waals surface area (Å²) in [5.41, 5.74) is 1.83. The van der Waals surface area contributed by atoms with Gasteiger partial charge in [0, 0.05) is 6.54 Å². The molecule has 0 amide bonds. The third-order valence-corrected chi connectivity index (χ3v) is 3.65. The van der Waals surface area contributed by atoms with Crippen LogP contribution in [-0.2, 0) is 6.54 Å². The SMILES string of the molecule is CCOc1ccc(CNC(=S)Nc2ccccc2OC)cc1Cl. The van der Waals surface area contributed by atoms with Gasteiger partial charge in [0.2, 0.25) is 0 Å². The van der Waals surface area contributed by atoms with Crippen molar-refractivity contribution in [3.05, 3.63) is 53.1 Å². The zero-order valence-electron chi connectivity index (χ0n) is 13.1. The van der Waals surface area contributed by atoms with Gasteiger partial charge in [-0.15, -0.1) is 0 Å². The van der Waals surface area contributed by atoms with Gasteiger partial charge in [-0.3, -0.25) is 0 Å². The summed E-state index contributed by atoms with van der Waals surface area (Å²) in [6.45, 7) is 3.07. The topological polar surface area (TPSA) is 42.5 Å². The largest absolute Gasteiger partial charge is 0.495 e. The number of nitrogens with one attached hydrogen (secondary N) is 2. The Morgan fingerprint density at radius 2 is 1.96 bits per heavy atom. The lowest BCUT2D eigenvalue weighted by Gasteiger charge is -2.14. The number of rotatable bonds is 6. The van der Waals surface area contributed by atoms with E-state index in [4.69, 9.17) is 33.3 Å². The van der Waals surface area contributed by atoms with Gasteiger partial charge in [0.25, 0.3) is 0 Å². The van der Waals surface area contributed by atoms with Crippen LogP contribution in [0.5, 0.6) is 11.5 Å². The van der Waals surface area contributed by atoms with Crippen molar-refractivity contribution >= 4 is 34.6 Å². The molecule has 2 aromatic carbocycles. The fraction of sp³-hybridized carbons (Fsp3) is 0.235. The first-order chi connectivity index (χ1) is 11.1. The molecule has 0 fully saturated rings. The third-order valence-electron chi connectivity index (χ3n) is 3.10. The molecule has 0 aliphatic carbocycles. The quantitative estimate of drug-likeness (QED) is 0.763. The van der Waals surface area contributed by atoms with Gasteiger partial charge in [-0.05, 0) is 49.0 Å². The van der Waals surface area contributed by atoms with Crippen LogP contribution in [0.1, 0.15) is 12.5 Å². The fourth-order valence-electron chi connectivity index (χ4n) is 2.02. The second-order valence-electron chi connectivity index (χ2n) is 4.71. The lowest BCUT2D eigenvalue weighted by Crippen LogP contribution is -2.28. The average Bonchev–Trinajstić information content (AvgIpc) is 2.56. The predicted octanol–water partition coefficient (Wildman–Crippen LogP) is 4.23. The van der Waals surface area contributed by atoms with Crippen LogP contribution in [0.15, 0.2) is 42.5 Å². The van der Waals surface area contributed by atoms with E-state index in [2.05, 4.69) is 10.6 Å². The van der Waals surface area contributed by atoms with Gasteiger partial charge in [-0.25, -0.2) is 0 Å². The number of benzene rings is 2. The van der Waals surface area contributed by atoms with Gasteiger partial charge in [0.05, 0.1) is 24.4 Å². The van der Waals surface area contributed by atoms with E-state index in [-0.39, 0.29) is 0 Å². The standard InChI is InChI=1S/C17H19ClN2O2S/c1-3-22-15-9-8-12(10-13(15)18)11-19-17(23)20-14-6-4-5-7-16(14)21-2/h4-10H,3,11H2,1-2H3,(H2,19,20,23). The van der Waals surface area contributed by atoms with Crippen molar-refractivity contribution < 1.29 is 9.47 Å². The van der Waals surface area contributed by atoms with Crippen molar-refractivity contribution in [3.63, 3.8) is 0 Å². The van der Waals surface area contributed by atoms with E-state index >= 15 is 0 Å². The zero-order valence-corrected chi connectivity index (χ0v) is 14.6. The fourth-order valence-corrected chi connectivity index (χ4v) is 2.46. The number of methoxy groups -OCH3 is 1. The lowest BCUT2D eigenvalue weighted by molar-refractivity contribution is 0.340. The van der Waals surface area contributed by atoms with E-state index < -0.39 is 0 Å². The Bertz CT molecular complexity index is 679. The number of hydrogen-bond donors (Lipinski definition) is 2. The van der Waals surface area contributed by atoms with Crippen LogP contribution >= 0.6 is 23.8 Å². The molecular weight excluding hydrogens is 332 g/mol. The Kier molecular flexibility index (Phi) is 6.50. The third kappa shape index (κ3) is 5.01. The lowest BCUT2D eigenvalue weighted by atomic mass is 10.2. The zero-order chi connectivity index (χ0) is 16.7. The van der Waals surface area contributed by atoms with Gasteiger partial charge in [-0.1, -0.05) is 29.8 Å².